The molecule has 4 N–H and O–H groups in total. The molecule has 4 rings (SSSR count). The maximum atomic E-state index is 12.9. The molecule has 1 atom stereocenters. The molecule has 0 spiro atoms. The van der Waals surface area contributed by atoms with Crippen molar-refractivity contribution in [2.75, 3.05) is 10.6 Å². The Morgan fingerprint density at radius 2 is 1.83 bits per heavy atom. The van der Waals surface area contributed by atoms with Crippen LogP contribution in [0.2, 0.25) is 0 Å². The van der Waals surface area contributed by atoms with E-state index in [4.69, 9.17) is 0 Å². The molecule has 0 amide bonds. The summed E-state index contributed by atoms with van der Waals surface area (Å²) in [7, 11) is 1.50. The predicted octanol–water partition coefficient (Wildman–Crippen LogP) is 2.65. The summed E-state index contributed by atoms with van der Waals surface area (Å²) in [6.07, 6.45) is 0.733. The van der Waals surface area contributed by atoms with Gasteiger partial charge < -0.3 is 10.6 Å². The van der Waals surface area contributed by atoms with Crippen LogP contribution >= 0.6 is 0 Å². The van der Waals surface area contributed by atoms with E-state index in [1.54, 1.807) is 12.1 Å². The molecule has 148 valence electrons. The van der Waals surface area contributed by atoms with Gasteiger partial charge in [0.2, 0.25) is 0 Å². The molecular weight excluding hydrogens is 370 g/mol. The highest BCUT2D eigenvalue weighted by Gasteiger charge is 2.19. The second-order valence-corrected chi connectivity index (χ2v) is 6.69. The zero-order valence-corrected chi connectivity index (χ0v) is 16.1. The second-order valence-electron chi connectivity index (χ2n) is 6.69. The lowest BCUT2D eigenvalue weighted by Crippen LogP contribution is -2.32. The fourth-order valence-corrected chi connectivity index (χ4v) is 3.28. The molecule has 0 aliphatic heterocycles. The number of rotatable bonds is 6. The number of H-pyrrole nitrogens is 2. The van der Waals surface area contributed by atoms with Gasteiger partial charge in [-0.1, -0.05) is 43.3 Å². The lowest BCUT2D eigenvalue weighted by molar-refractivity contribution is 0.688. The number of benzene rings is 2. The van der Waals surface area contributed by atoms with Crippen LogP contribution in [0.5, 0.6) is 0 Å². The summed E-state index contributed by atoms with van der Waals surface area (Å²) in [5.74, 6) is 0. The van der Waals surface area contributed by atoms with E-state index in [0.717, 1.165) is 16.7 Å². The predicted molar refractivity (Wildman–Crippen MR) is 113 cm³/mol. The van der Waals surface area contributed by atoms with Gasteiger partial charge in [-0.05, 0) is 24.1 Å². The lowest BCUT2D eigenvalue weighted by Gasteiger charge is -2.21. The smallest absolute Gasteiger partial charge is 0.290 e. The molecule has 2 aromatic carbocycles. The Morgan fingerprint density at radius 1 is 1.03 bits per heavy atom. The third-order valence-electron chi connectivity index (χ3n) is 4.80. The van der Waals surface area contributed by atoms with Crippen molar-refractivity contribution in [1.29, 1.82) is 0 Å². The molecule has 0 saturated heterocycles. The number of fused-ring (bicyclic) bond motifs is 1. The number of nitrogens with zero attached hydrogens (tertiary/aromatic N) is 3. The normalized spacial score (nSPS) is 12.1. The topological polar surface area (TPSA) is 120 Å². The van der Waals surface area contributed by atoms with E-state index in [1.807, 2.05) is 43.3 Å². The highest BCUT2D eigenvalue weighted by atomic mass is 16.2. The molecule has 29 heavy (non-hydrogen) atoms. The van der Waals surface area contributed by atoms with Gasteiger partial charge in [-0.3, -0.25) is 19.4 Å². The van der Waals surface area contributed by atoms with E-state index in [1.165, 1.54) is 7.05 Å². The average molecular weight is 391 g/mol. The minimum absolute atomic E-state index is 0.132. The molecule has 0 aliphatic rings. The van der Waals surface area contributed by atoms with Crippen molar-refractivity contribution >= 4 is 28.1 Å². The zero-order valence-electron chi connectivity index (χ0n) is 16.1. The van der Waals surface area contributed by atoms with Crippen molar-refractivity contribution < 1.29 is 0 Å². The number of nitrogens with one attached hydrogen (secondary N) is 4. The van der Waals surface area contributed by atoms with E-state index in [9.17, 15) is 9.59 Å². The number of hydrogen-bond donors (Lipinski definition) is 4. The van der Waals surface area contributed by atoms with Crippen LogP contribution in [-0.4, -0.2) is 25.2 Å². The standard InChI is InChI=1S/C20H21N7O2/c1-3-13(12-8-5-4-6-9-12)21-17-18(20(29)27(2)25-19(17)28)22-14-10-7-11-15-16(14)24-26-23-15/h4-11,13,21-22H,3H2,1-2H3,(H,25,28)(H,23,24,26)/t13-/m1/s1. The number of aromatic amines is 2. The molecule has 2 aromatic heterocycles. The summed E-state index contributed by atoms with van der Waals surface area (Å²) in [6, 6.07) is 15.1. The maximum Gasteiger partial charge on any atom is 0.290 e. The van der Waals surface area contributed by atoms with Gasteiger partial charge in [0, 0.05) is 7.05 Å². The highest BCUT2D eigenvalue weighted by molar-refractivity contribution is 5.90. The van der Waals surface area contributed by atoms with Gasteiger partial charge in [0.15, 0.2) is 0 Å². The third kappa shape index (κ3) is 3.49. The first-order valence-corrected chi connectivity index (χ1v) is 9.29. The van der Waals surface area contributed by atoms with Gasteiger partial charge in [-0.2, -0.15) is 15.4 Å². The van der Waals surface area contributed by atoms with E-state index in [-0.39, 0.29) is 23.0 Å². The van der Waals surface area contributed by atoms with Crippen molar-refractivity contribution in [3.63, 3.8) is 0 Å². The molecule has 0 fully saturated rings. The van der Waals surface area contributed by atoms with E-state index in [2.05, 4.69) is 31.1 Å². The molecule has 4 aromatic rings. The number of hydrogen-bond acceptors (Lipinski definition) is 6. The van der Waals surface area contributed by atoms with Gasteiger partial charge >= 0.3 is 0 Å². The third-order valence-corrected chi connectivity index (χ3v) is 4.80. The minimum atomic E-state index is -0.392. The van der Waals surface area contributed by atoms with Gasteiger partial charge in [-0.25, -0.2) is 0 Å². The molecule has 0 bridgehead atoms. The van der Waals surface area contributed by atoms with Crippen LogP contribution in [0.3, 0.4) is 0 Å². The van der Waals surface area contributed by atoms with E-state index >= 15 is 0 Å². The molecule has 0 radical (unpaired) electrons. The average Bonchev–Trinajstić information content (AvgIpc) is 3.22. The Hall–Kier alpha value is -3.88. The molecule has 0 unspecified atom stereocenters. The van der Waals surface area contributed by atoms with E-state index in [0.29, 0.717) is 16.7 Å². The van der Waals surface area contributed by atoms with Gasteiger partial charge in [-0.15, -0.1) is 0 Å². The van der Waals surface area contributed by atoms with Crippen LogP contribution in [-0.2, 0) is 7.05 Å². The first-order chi connectivity index (χ1) is 14.1. The van der Waals surface area contributed by atoms with Crippen LogP contribution in [0.1, 0.15) is 24.9 Å². The number of aromatic nitrogens is 5. The molecule has 9 heteroatoms. The maximum absolute atomic E-state index is 12.9. The molecule has 0 saturated carbocycles. The van der Waals surface area contributed by atoms with Crippen molar-refractivity contribution in [3.05, 3.63) is 74.8 Å². The molecule has 9 nitrogen and oxygen atoms in total. The van der Waals surface area contributed by atoms with Crippen LogP contribution in [0, 0.1) is 0 Å². The van der Waals surface area contributed by atoms with Crippen LogP contribution in [0.15, 0.2) is 58.1 Å². The van der Waals surface area contributed by atoms with Gasteiger partial charge in [0.1, 0.15) is 22.4 Å². The fourth-order valence-electron chi connectivity index (χ4n) is 3.28. The summed E-state index contributed by atoms with van der Waals surface area (Å²) >= 11 is 0. The van der Waals surface area contributed by atoms with Crippen LogP contribution in [0.4, 0.5) is 17.1 Å². The first-order valence-electron chi connectivity index (χ1n) is 9.29. The summed E-state index contributed by atoms with van der Waals surface area (Å²) in [4.78, 5) is 25.6. The fraction of sp³-hybridized carbons (Fsp3) is 0.200. The quantitative estimate of drug-likeness (QED) is 0.401. The van der Waals surface area contributed by atoms with Crippen molar-refractivity contribution in [1.82, 2.24) is 25.2 Å². The SMILES string of the molecule is CC[C@@H](Nc1c(Nc2cccc3n[nH]nc23)c(=O)n(C)[nH]c1=O)c1ccccc1. The lowest BCUT2D eigenvalue weighted by atomic mass is 10.0. The number of para-hydroxylation sites is 1. The van der Waals surface area contributed by atoms with Crippen molar-refractivity contribution in [2.24, 2.45) is 7.05 Å². The summed E-state index contributed by atoms with van der Waals surface area (Å²) in [6.45, 7) is 2.02. The Bertz CT molecular complexity index is 1260. The Kier molecular flexibility index (Phi) is 4.86. The van der Waals surface area contributed by atoms with Crippen molar-refractivity contribution in [3.8, 4) is 0 Å². The monoisotopic (exact) mass is 391 g/mol. The van der Waals surface area contributed by atoms with Gasteiger partial charge in [0.05, 0.1) is 11.7 Å². The Labute approximate surface area is 165 Å². The zero-order chi connectivity index (χ0) is 20.4. The molecule has 0 aliphatic carbocycles. The Balaban J connectivity index is 1.80. The minimum Gasteiger partial charge on any atom is -0.372 e. The van der Waals surface area contributed by atoms with Crippen LogP contribution < -0.4 is 21.8 Å². The summed E-state index contributed by atoms with van der Waals surface area (Å²) in [5.41, 5.74) is 2.42. The number of aryl methyl sites for hydroxylation is 1. The van der Waals surface area contributed by atoms with Crippen LogP contribution in [0.25, 0.3) is 11.0 Å². The highest BCUT2D eigenvalue weighted by Crippen LogP contribution is 2.27. The Morgan fingerprint density at radius 3 is 2.59 bits per heavy atom. The molecule has 2 heterocycles. The van der Waals surface area contributed by atoms with Gasteiger partial charge in [0.25, 0.3) is 11.1 Å². The number of anilines is 3. The summed E-state index contributed by atoms with van der Waals surface area (Å²) in [5, 5.41) is 19.7. The van der Waals surface area contributed by atoms with Crippen molar-refractivity contribution in [2.45, 2.75) is 19.4 Å². The largest absolute Gasteiger partial charge is 0.372 e. The first kappa shape index (κ1) is 18.5. The molecular formula is C20H21N7O2. The van der Waals surface area contributed by atoms with E-state index < -0.39 is 5.56 Å². The second kappa shape index (κ2) is 7.63. The summed E-state index contributed by atoms with van der Waals surface area (Å²) < 4.78 is 1.16.